The predicted octanol–water partition coefficient (Wildman–Crippen LogP) is 3.98. The SMILES string of the molecule is CN1C(=O)C(=Cc2ccc(O)cc2)SC1=Nc1ccc(Cl)c(C(=O)O)c1. The number of aliphatic imine (C=N–C) groups is 1. The number of hydrogen-bond donors (Lipinski definition) is 2. The number of aromatic hydroxyl groups is 1. The summed E-state index contributed by atoms with van der Waals surface area (Å²) >= 11 is 7.04. The summed E-state index contributed by atoms with van der Waals surface area (Å²) in [4.78, 5) is 29.8. The molecule has 6 nitrogen and oxygen atoms in total. The van der Waals surface area contributed by atoms with Crippen molar-refractivity contribution in [3.05, 3.63) is 63.5 Å². The molecule has 8 heteroatoms. The number of halogens is 1. The first-order chi connectivity index (χ1) is 12.3. The van der Waals surface area contributed by atoms with Crippen LogP contribution in [0.4, 0.5) is 5.69 Å². The zero-order valence-corrected chi connectivity index (χ0v) is 15.1. The van der Waals surface area contributed by atoms with Crippen molar-refractivity contribution in [1.82, 2.24) is 4.90 Å². The molecule has 0 unspecified atom stereocenters. The molecule has 3 rings (SSSR count). The Hall–Kier alpha value is -2.77. The number of benzene rings is 2. The van der Waals surface area contributed by atoms with Crippen molar-refractivity contribution in [2.45, 2.75) is 0 Å². The molecule has 1 aliphatic rings. The van der Waals surface area contributed by atoms with Gasteiger partial charge in [-0.3, -0.25) is 9.69 Å². The van der Waals surface area contributed by atoms with Crippen LogP contribution in [0.2, 0.25) is 5.02 Å². The third-order valence-corrected chi connectivity index (χ3v) is 4.99. The molecule has 1 aliphatic heterocycles. The van der Waals surface area contributed by atoms with Crippen molar-refractivity contribution < 1.29 is 19.8 Å². The minimum atomic E-state index is -1.14. The van der Waals surface area contributed by atoms with Crippen LogP contribution in [0.1, 0.15) is 15.9 Å². The number of carbonyl (C=O) groups excluding carboxylic acids is 1. The minimum absolute atomic E-state index is 0.0506. The van der Waals surface area contributed by atoms with Gasteiger partial charge in [0.2, 0.25) is 0 Å². The van der Waals surface area contributed by atoms with Crippen molar-refractivity contribution in [1.29, 1.82) is 0 Å². The Morgan fingerprint density at radius 2 is 1.92 bits per heavy atom. The van der Waals surface area contributed by atoms with Gasteiger partial charge in [0.05, 0.1) is 21.2 Å². The number of amides is 1. The van der Waals surface area contributed by atoms with Crippen LogP contribution >= 0.6 is 23.4 Å². The van der Waals surface area contributed by atoms with Gasteiger partial charge in [-0.1, -0.05) is 23.7 Å². The quantitative estimate of drug-likeness (QED) is 0.776. The average molecular weight is 389 g/mol. The summed E-state index contributed by atoms with van der Waals surface area (Å²) in [5, 5.41) is 19.0. The molecule has 2 N–H and O–H groups in total. The van der Waals surface area contributed by atoms with Crippen LogP contribution in [0.25, 0.3) is 6.08 Å². The molecular weight excluding hydrogens is 376 g/mol. The monoisotopic (exact) mass is 388 g/mol. The van der Waals surface area contributed by atoms with E-state index in [1.165, 1.54) is 40.9 Å². The topological polar surface area (TPSA) is 90.2 Å². The zero-order valence-electron chi connectivity index (χ0n) is 13.5. The summed E-state index contributed by atoms with van der Waals surface area (Å²) in [5.74, 6) is -1.21. The van der Waals surface area contributed by atoms with Crippen LogP contribution in [0.3, 0.4) is 0 Å². The van der Waals surface area contributed by atoms with Crippen LogP contribution < -0.4 is 0 Å². The maximum absolute atomic E-state index is 12.4. The van der Waals surface area contributed by atoms with E-state index in [4.69, 9.17) is 16.7 Å². The van der Waals surface area contributed by atoms with Gasteiger partial charge in [0, 0.05) is 7.05 Å². The van der Waals surface area contributed by atoms with Gasteiger partial charge in [0.1, 0.15) is 5.75 Å². The highest BCUT2D eigenvalue weighted by Gasteiger charge is 2.30. The summed E-state index contributed by atoms with van der Waals surface area (Å²) in [5.41, 5.74) is 1.11. The van der Waals surface area contributed by atoms with Crippen LogP contribution in [-0.4, -0.2) is 39.2 Å². The molecular formula is C18H13ClN2O4S. The standard InChI is InChI=1S/C18H13ClN2O4S/c1-21-16(23)15(8-10-2-5-12(22)6-3-10)26-18(21)20-11-4-7-14(19)13(9-11)17(24)25/h2-9,22H,1H3,(H,24,25). The normalized spacial score (nSPS) is 17.3. The first-order valence-electron chi connectivity index (χ1n) is 7.43. The summed E-state index contributed by atoms with van der Waals surface area (Å²) < 4.78 is 0. The number of phenolic OH excluding ortho intramolecular Hbond substituents is 1. The van der Waals surface area contributed by atoms with E-state index < -0.39 is 5.97 Å². The molecule has 1 saturated heterocycles. The fourth-order valence-corrected chi connectivity index (χ4v) is 3.42. The molecule has 0 spiro atoms. The van der Waals surface area contributed by atoms with E-state index in [-0.39, 0.29) is 22.2 Å². The average Bonchev–Trinajstić information content (AvgIpc) is 2.86. The van der Waals surface area contributed by atoms with Crippen molar-refractivity contribution in [2.75, 3.05) is 7.05 Å². The first kappa shape index (κ1) is 18.0. The van der Waals surface area contributed by atoms with E-state index in [1.54, 1.807) is 31.3 Å². The van der Waals surface area contributed by atoms with Gasteiger partial charge in [-0.05, 0) is 53.7 Å². The Kier molecular flexibility index (Phi) is 5.01. The van der Waals surface area contributed by atoms with E-state index in [1.807, 2.05) is 0 Å². The number of carbonyl (C=O) groups is 2. The molecule has 0 saturated carbocycles. The summed E-state index contributed by atoms with van der Waals surface area (Å²) in [6, 6.07) is 10.9. The number of aromatic carboxylic acids is 1. The number of carboxylic acids is 1. The minimum Gasteiger partial charge on any atom is -0.508 e. The fraction of sp³-hybridized carbons (Fsp3) is 0.0556. The van der Waals surface area contributed by atoms with E-state index in [9.17, 15) is 14.7 Å². The van der Waals surface area contributed by atoms with Crippen molar-refractivity contribution in [3.63, 3.8) is 0 Å². The second-order valence-electron chi connectivity index (χ2n) is 5.43. The number of likely N-dealkylation sites (N-methyl/N-ethyl adjacent to an activating group) is 1. The lowest BCUT2D eigenvalue weighted by Gasteiger charge is -2.07. The van der Waals surface area contributed by atoms with Crippen LogP contribution in [0, 0.1) is 0 Å². The number of phenols is 1. The number of nitrogens with zero attached hydrogens (tertiary/aromatic N) is 2. The highest BCUT2D eigenvalue weighted by molar-refractivity contribution is 8.18. The number of rotatable bonds is 3. The Balaban J connectivity index is 1.91. The lowest BCUT2D eigenvalue weighted by atomic mass is 10.2. The van der Waals surface area contributed by atoms with Crippen molar-refractivity contribution in [3.8, 4) is 5.75 Å². The van der Waals surface area contributed by atoms with Crippen LogP contribution in [-0.2, 0) is 4.79 Å². The molecule has 1 heterocycles. The maximum Gasteiger partial charge on any atom is 0.337 e. The van der Waals surface area contributed by atoms with Crippen LogP contribution in [0.5, 0.6) is 5.75 Å². The molecule has 0 aromatic heterocycles. The van der Waals surface area contributed by atoms with Gasteiger partial charge in [0.15, 0.2) is 5.17 Å². The van der Waals surface area contributed by atoms with E-state index >= 15 is 0 Å². The Morgan fingerprint density at radius 1 is 1.23 bits per heavy atom. The Bertz CT molecular complexity index is 954. The van der Waals surface area contributed by atoms with E-state index in [0.717, 1.165) is 5.56 Å². The molecule has 0 aliphatic carbocycles. The third kappa shape index (κ3) is 3.74. The maximum atomic E-state index is 12.4. The van der Waals surface area contributed by atoms with Gasteiger partial charge < -0.3 is 10.2 Å². The van der Waals surface area contributed by atoms with Crippen LogP contribution in [0.15, 0.2) is 52.4 Å². The Labute approximate surface area is 158 Å². The van der Waals surface area contributed by atoms with E-state index in [0.29, 0.717) is 15.8 Å². The second kappa shape index (κ2) is 7.23. The molecule has 26 heavy (non-hydrogen) atoms. The first-order valence-corrected chi connectivity index (χ1v) is 8.63. The number of thioether (sulfide) groups is 1. The zero-order chi connectivity index (χ0) is 18.8. The summed E-state index contributed by atoms with van der Waals surface area (Å²) in [6.07, 6.45) is 1.70. The lowest BCUT2D eigenvalue weighted by Crippen LogP contribution is -2.23. The van der Waals surface area contributed by atoms with Crippen molar-refractivity contribution >= 4 is 52.2 Å². The third-order valence-electron chi connectivity index (χ3n) is 3.60. The smallest absolute Gasteiger partial charge is 0.337 e. The molecule has 2 aromatic carbocycles. The van der Waals surface area contributed by atoms with E-state index in [2.05, 4.69) is 4.99 Å². The molecule has 0 radical (unpaired) electrons. The molecule has 132 valence electrons. The molecule has 2 aromatic rings. The van der Waals surface area contributed by atoms with Gasteiger partial charge in [0.25, 0.3) is 5.91 Å². The number of carboxylic acid groups (broad SMARTS) is 1. The van der Waals surface area contributed by atoms with Gasteiger partial charge >= 0.3 is 5.97 Å². The van der Waals surface area contributed by atoms with Gasteiger partial charge in [-0.25, -0.2) is 9.79 Å². The molecule has 0 bridgehead atoms. The highest BCUT2D eigenvalue weighted by atomic mass is 35.5. The van der Waals surface area contributed by atoms with Gasteiger partial charge in [-0.2, -0.15) is 0 Å². The molecule has 1 fully saturated rings. The summed E-state index contributed by atoms with van der Waals surface area (Å²) in [7, 11) is 1.60. The van der Waals surface area contributed by atoms with Gasteiger partial charge in [-0.15, -0.1) is 0 Å². The molecule has 1 amide bonds. The second-order valence-corrected chi connectivity index (χ2v) is 6.85. The number of hydrogen-bond acceptors (Lipinski definition) is 5. The van der Waals surface area contributed by atoms with Crippen molar-refractivity contribution in [2.24, 2.45) is 4.99 Å². The Morgan fingerprint density at radius 3 is 2.58 bits per heavy atom. The fourth-order valence-electron chi connectivity index (χ4n) is 2.23. The highest BCUT2D eigenvalue weighted by Crippen LogP contribution is 2.34. The summed E-state index contributed by atoms with van der Waals surface area (Å²) in [6.45, 7) is 0. The largest absolute Gasteiger partial charge is 0.508 e. The molecule has 0 atom stereocenters. The lowest BCUT2D eigenvalue weighted by molar-refractivity contribution is -0.121. The predicted molar refractivity (Wildman–Crippen MR) is 102 cm³/mol. The number of amidine groups is 1.